The first kappa shape index (κ1) is 29.2. The van der Waals surface area contributed by atoms with Crippen molar-refractivity contribution >= 4 is 45.9 Å². The van der Waals surface area contributed by atoms with Crippen molar-refractivity contribution in [2.45, 2.75) is 33.2 Å². The number of thiazole rings is 1. The average molecular weight is 598 g/mol. The first-order chi connectivity index (χ1) is 20.3. The molecule has 0 spiro atoms. The molecule has 14 heteroatoms. The molecule has 0 unspecified atom stereocenters. The number of amides is 1. The molecule has 1 amide bonds. The molecule has 1 aromatic carbocycles. The molecule has 4 heterocycles. The normalized spacial score (nSPS) is 14.6. The van der Waals surface area contributed by atoms with Crippen molar-refractivity contribution in [3.05, 3.63) is 33.8 Å². The van der Waals surface area contributed by atoms with Crippen LogP contribution in [0.1, 0.15) is 39.8 Å². The number of anilines is 4. The van der Waals surface area contributed by atoms with Gasteiger partial charge in [-0.15, -0.1) is 0 Å². The van der Waals surface area contributed by atoms with Crippen LogP contribution >= 0.6 is 11.3 Å². The lowest BCUT2D eigenvalue weighted by Gasteiger charge is -2.35. The number of methoxy groups -OCH3 is 3. The van der Waals surface area contributed by atoms with Crippen molar-refractivity contribution in [3.63, 3.8) is 0 Å². The highest BCUT2D eigenvalue weighted by Gasteiger charge is 2.29. The van der Waals surface area contributed by atoms with Crippen LogP contribution in [0.5, 0.6) is 17.2 Å². The first-order valence-electron chi connectivity index (χ1n) is 13.7. The first-order valence-corrected chi connectivity index (χ1v) is 14.5. The molecule has 5 rings (SSSR count). The van der Waals surface area contributed by atoms with Gasteiger partial charge in [-0.2, -0.15) is 9.97 Å². The van der Waals surface area contributed by atoms with Crippen LogP contribution < -0.4 is 34.6 Å². The SMILES string of the molecule is CCOC(=O)c1sc(Nc2nc(N3CCNC(=O)C3)c3c(n2)N(Cc2cc(OC)c(OC)c(OC)c2)CCC3)nc1C. The van der Waals surface area contributed by atoms with Crippen LogP contribution in [0.3, 0.4) is 0 Å². The predicted octanol–water partition coefficient (Wildman–Crippen LogP) is 3.08. The molecule has 0 saturated carbocycles. The zero-order valence-electron chi connectivity index (χ0n) is 24.4. The van der Waals surface area contributed by atoms with Gasteiger partial charge in [-0.3, -0.25) is 10.1 Å². The fourth-order valence-electron chi connectivity index (χ4n) is 5.17. The molecule has 13 nitrogen and oxygen atoms in total. The van der Waals surface area contributed by atoms with Gasteiger partial charge in [-0.25, -0.2) is 9.78 Å². The largest absolute Gasteiger partial charge is 0.493 e. The van der Waals surface area contributed by atoms with E-state index in [0.29, 0.717) is 64.4 Å². The second-order valence-electron chi connectivity index (χ2n) is 9.78. The topological polar surface area (TPSA) is 140 Å². The molecule has 42 heavy (non-hydrogen) atoms. The summed E-state index contributed by atoms with van der Waals surface area (Å²) in [7, 11) is 4.77. The molecule has 3 aromatic rings. The molecule has 0 atom stereocenters. The summed E-state index contributed by atoms with van der Waals surface area (Å²) in [6, 6.07) is 3.86. The summed E-state index contributed by atoms with van der Waals surface area (Å²) in [4.78, 5) is 43.6. The molecule has 0 bridgehead atoms. The van der Waals surface area contributed by atoms with Gasteiger partial charge < -0.3 is 34.1 Å². The number of hydrogen-bond acceptors (Lipinski definition) is 13. The molecule has 1 fully saturated rings. The smallest absolute Gasteiger partial charge is 0.350 e. The van der Waals surface area contributed by atoms with Gasteiger partial charge in [-0.1, -0.05) is 11.3 Å². The van der Waals surface area contributed by atoms with E-state index in [-0.39, 0.29) is 19.1 Å². The number of aromatic nitrogens is 3. The predicted molar refractivity (Wildman–Crippen MR) is 159 cm³/mol. The van der Waals surface area contributed by atoms with Crippen molar-refractivity contribution in [3.8, 4) is 17.2 Å². The Morgan fingerprint density at radius 2 is 1.81 bits per heavy atom. The Morgan fingerprint density at radius 3 is 2.48 bits per heavy atom. The van der Waals surface area contributed by atoms with Crippen molar-refractivity contribution in [2.24, 2.45) is 0 Å². The van der Waals surface area contributed by atoms with Gasteiger partial charge in [0.25, 0.3) is 0 Å². The Balaban J connectivity index is 1.53. The number of carbonyl (C=O) groups excluding carboxylic acids is 2. The van der Waals surface area contributed by atoms with E-state index in [9.17, 15) is 9.59 Å². The second-order valence-corrected chi connectivity index (χ2v) is 10.8. The number of aryl methyl sites for hydroxylation is 1. The van der Waals surface area contributed by atoms with Gasteiger partial charge in [0, 0.05) is 31.7 Å². The quantitative estimate of drug-likeness (QED) is 0.332. The van der Waals surface area contributed by atoms with E-state index >= 15 is 0 Å². The van der Waals surface area contributed by atoms with Crippen molar-refractivity contribution < 1.29 is 28.5 Å². The maximum atomic E-state index is 12.4. The van der Waals surface area contributed by atoms with Crippen LogP contribution in [0.15, 0.2) is 12.1 Å². The number of ether oxygens (including phenoxy) is 4. The molecule has 224 valence electrons. The number of esters is 1. The summed E-state index contributed by atoms with van der Waals surface area (Å²) in [5.74, 6) is 3.03. The van der Waals surface area contributed by atoms with E-state index in [4.69, 9.17) is 28.9 Å². The number of benzene rings is 1. The Hall–Kier alpha value is -4.33. The number of nitrogens with one attached hydrogen (secondary N) is 2. The fraction of sp³-hybridized carbons (Fsp3) is 0.464. The molecule has 2 aliphatic heterocycles. The Bertz CT molecular complexity index is 1450. The van der Waals surface area contributed by atoms with Gasteiger partial charge in [0.15, 0.2) is 16.6 Å². The minimum absolute atomic E-state index is 0.0529. The van der Waals surface area contributed by atoms with Gasteiger partial charge >= 0.3 is 5.97 Å². The third-order valence-corrected chi connectivity index (χ3v) is 8.08. The minimum Gasteiger partial charge on any atom is -0.493 e. The van der Waals surface area contributed by atoms with Crippen LogP contribution in [-0.2, 0) is 22.5 Å². The summed E-state index contributed by atoms with van der Waals surface area (Å²) in [5, 5.41) is 6.57. The fourth-order valence-corrected chi connectivity index (χ4v) is 6.02. The van der Waals surface area contributed by atoms with Crippen LogP contribution in [0.25, 0.3) is 0 Å². The standard InChI is InChI=1S/C28H35N7O6S/c1-6-41-26(37)23-16(2)30-28(42-23)33-27-31-24-18(25(32-27)35-11-9-29-21(36)15-35)8-7-10-34(24)14-17-12-19(38-3)22(40-5)20(13-17)39-4/h12-13H,6-11,14-15H2,1-5H3,(H,29,36)(H,30,31,32,33). The third-order valence-electron chi connectivity index (χ3n) is 7.03. The highest BCUT2D eigenvalue weighted by molar-refractivity contribution is 7.17. The Kier molecular flexibility index (Phi) is 8.80. The molecule has 0 radical (unpaired) electrons. The van der Waals surface area contributed by atoms with Gasteiger partial charge in [0.05, 0.1) is 40.2 Å². The van der Waals surface area contributed by atoms with E-state index in [2.05, 4.69) is 20.5 Å². The summed E-state index contributed by atoms with van der Waals surface area (Å²) in [5.41, 5.74) is 2.51. The third kappa shape index (κ3) is 5.98. The van der Waals surface area contributed by atoms with E-state index in [0.717, 1.165) is 36.3 Å². The maximum Gasteiger partial charge on any atom is 0.350 e. The number of carbonyl (C=O) groups is 2. The molecular weight excluding hydrogens is 562 g/mol. The number of nitrogens with zero attached hydrogens (tertiary/aromatic N) is 5. The average Bonchev–Trinajstić information content (AvgIpc) is 3.36. The Labute approximate surface area is 248 Å². The van der Waals surface area contributed by atoms with E-state index in [1.165, 1.54) is 11.3 Å². The molecule has 0 aliphatic carbocycles. The summed E-state index contributed by atoms with van der Waals surface area (Å²) in [6.07, 6.45) is 1.67. The Morgan fingerprint density at radius 1 is 1.07 bits per heavy atom. The van der Waals surface area contributed by atoms with Gasteiger partial charge in [0.2, 0.25) is 17.6 Å². The maximum absolute atomic E-state index is 12.4. The molecule has 1 saturated heterocycles. The van der Waals surface area contributed by atoms with Crippen LogP contribution in [0, 0.1) is 6.92 Å². The summed E-state index contributed by atoms with van der Waals surface area (Å²) < 4.78 is 21.8. The second kappa shape index (κ2) is 12.7. The zero-order valence-corrected chi connectivity index (χ0v) is 25.2. The molecule has 2 N–H and O–H groups in total. The van der Waals surface area contributed by atoms with Gasteiger partial charge in [-0.05, 0) is 44.4 Å². The number of rotatable bonds is 10. The van der Waals surface area contributed by atoms with Crippen molar-refractivity contribution in [1.29, 1.82) is 0 Å². The molecule has 2 aliphatic rings. The highest BCUT2D eigenvalue weighted by atomic mass is 32.1. The van der Waals surface area contributed by atoms with E-state index < -0.39 is 5.97 Å². The lowest BCUT2D eigenvalue weighted by Crippen LogP contribution is -2.48. The van der Waals surface area contributed by atoms with Crippen molar-refractivity contribution in [2.75, 3.05) is 69.2 Å². The highest BCUT2D eigenvalue weighted by Crippen LogP contribution is 2.40. The molecule has 2 aromatic heterocycles. The zero-order chi connectivity index (χ0) is 29.8. The van der Waals surface area contributed by atoms with Gasteiger partial charge in [0.1, 0.15) is 16.5 Å². The monoisotopic (exact) mass is 597 g/mol. The number of fused-ring (bicyclic) bond motifs is 1. The number of piperazine rings is 1. The van der Waals surface area contributed by atoms with Crippen LogP contribution in [-0.4, -0.2) is 80.9 Å². The number of hydrogen-bond donors (Lipinski definition) is 2. The molecular formula is C28H35N7O6S. The summed E-state index contributed by atoms with van der Waals surface area (Å²) >= 11 is 1.19. The lowest BCUT2D eigenvalue weighted by molar-refractivity contribution is -0.120. The summed E-state index contributed by atoms with van der Waals surface area (Å²) in [6.45, 7) is 6.47. The van der Waals surface area contributed by atoms with Crippen molar-refractivity contribution in [1.82, 2.24) is 20.3 Å². The van der Waals surface area contributed by atoms with E-state index in [1.807, 2.05) is 17.0 Å². The van der Waals surface area contributed by atoms with Crippen LogP contribution in [0.4, 0.5) is 22.7 Å². The van der Waals surface area contributed by atoms with Crippen LogP contribution in [0.2, 0.25) is 0 Å². The van der Waals surface area contributed by atoms with E-state index in [1.54, 1.807) is 35.2 Å². The minimum atomic E-state index is -0.413. The lowest BCUT2D eigenvalue weighted by atomic mass is 10.0.